The number of hydrogen-bond donors (Lipinski definition) is 0. The minimum Gasteiger partial charge on any atom is -0.459 e. The van der Waals surface area contributed by atoms with E-state index in [4.69, 9.17) is 21.0 Å². The van der Waals surface area contributed by atoms with Gasteiger partial charge in [0.1, 0.15) is 0 Å². The standard InChI is InChI=1S/C24H20ClN3O3S/c1-15-4-7-22(32-15)20-14-18(17-13-16(25)5-6-19(17)26-20)23(29)27-8-10-28(11-9-27)24(30)21-3-2-12-31-21/h2-7,12-14H,8-11H2,1H3. The van der Waals surface area contributed by atoms with E-state index in [0.717, 1.165) is 21.5 Å². The van der Waals surface area contributed by atoms with Crippen molar-refractivity contribution in [1.29, 1.82) is 0 Å². The van der Waals surface area contributed by atoms with Gasteiger partial charge in [-0.2, -0.15) is 0 Å². The molecule has 4 heterocycles. The first-order valence-corrected chi connectivity index (χ1v) is 11.5. The van der Waals surface area contributed by atoms with Crippen molar-refractivity contribution in [2.24, 2.45) is 0 Å². The van der Waals surface area contributed by atoms with Gasteiger partial charge in [-0.3, -0.25) is 9.59 Å². The van der Waals surface area contributed by atoms with Gasteiger partial charge in [-0.05, 0) is 55.5 Å². The molecule has 3 aromatic heterocycles. The van der Waals surface area contributed by atoms with Gasteiger partial charge in [-0.25, -0.2) is 4.98 Å². The molecular formula is C24H20ClN3O3S. The van der Waals surface area contributed by atoms with Crippen molar-refractivity contribution < 1.29 is 14.0 Å². The summed E-state index contributed by atoms with van der Waals surface area (Å²) in [6.07, 6.45) is 1.49. The maximum Gasteiger partial charge on any atom is 0.289 e. The highest BCUT2D eigenvalue weighted by atomic mass is 35.5. The smallest absolute Gasteiger partial charge is 0.289 e. The second kappa shape index (κ2) is 8.41. The topological polar surface area (TPSA) is 66.7 Å². The van der Waals surface area contributed by atoms with Crippen LogP contribution in [-0.4, -0.2) is 52.8 Å². The van der Waals surface area contributed by atoms with Crippen LogP contribution in [0.4, 0.5) is 0 Å². The molecule has 1 aromatic carbocycles. The van der Waals surface area contributed by atoms with E-state index in [1.807, 2.05) is 31.2 Å². The van der Waals surface area contributed by atoms with Gasteiger partial charge < -0.3 is 14.2 Å². The summed E-state index contributed by atoms with van der Waals surface area (Å²) in [7, 11) is 0. The normalized spacial score (nSPS) is 14.2. The lowest BCUT2D eigenvalue weighted by atomic mass is 10.0. The first kappa shape index (κ1) is 20.7. The predicted octanol–water partition coefficient (Wildman–Crippen LogP) is 5.12. The number of amides is 2. The Bertz CT molecular complexity index is 1310. The Morgan fingerprint density at radius 1 is 1.00 bits per heavy atom. The highest BCUT2D eigenvalue weighted by Crippen LogP contribution is 2.31. The Hall–Kier alpha value is -3.16. The number of nitrogens with zero attached hydrogens (tertiary/aromatic N) is 3. The highest BCUT2D eigenvalue weighted by Gasteiger charge is 2.28. The second-order valence-corrected chi connectivity index (χ2v) is 9.41. The lowest BCUT2D eigenvalue weighted by Gasteiger charge is -2.34. The summed E-state index contributed by atoms with van der Waals surface area (Å²) in [6, 6.07) is 14.7. The summed E-state index contributed by atoms with van der Waals surface area (Å²) in [5, 5.41) is 1.29. The van der Waals surface area contributed by atoms with Gasteiger partial charge in [0.15, 0.2) is 5.76 Å². The molecule has 1 aliphatic heterocycles. The molecule has 5 rings (SSSR count). The van der Waals surface area contributed by atoms with E-state index >= 15 is 0 Å². The number of carbonyl (C=O) groups is 2. The molecule has 0 bridgehead atoms. The van der Waals surface area contributed by atoms with E-state index in [-0.39, 0.29) is 11.8 Å². The van der Waals surface area contributed by atoms with Gasteiger partial charge >= 0.3 is 0 Å². The van der Waals surface area contributed by atoms with E-state index in [1.54, 1.807) is 45.4 Å². The molecule has 0 N–H and O–H groups in total. The minimum atomic E-state index is -0.154. The number of hydrogen-bond acceptors (Lipinski definition) is 5. The summed E-state index contributed by atoms with van der Waals surface area (Å²) in [5.74, 6) is 0.0771. The summed E-state index contributed by atoms with van der Waals surface area (Å²) in [4.78, 5) is 36.5. The zero-order valence-corrected chi connectivity index (χ0v) is 18.9. The second-order valence-electron chi connectivity index (χ2n) is 7.69. The molecule has 0 aliphatic carbocycles. The Balaban J connectivity index is 1.44. The number of thiophene rings is 1. The molecule has 1 aliphatic rings. The first-order chi connectivity index (χ1) is 15.5. The zero-order chi connectivity index (χ0) is 22.2. The van der Waals surface area contributed by atoms with Gasteiger partial charge in [0, 0.05) is 41.5 Å². The monoisotopic (exact) mass is 465 g/mol. The van der Waals surface area contributed by atoms with Crippen LogP contribution >= 0.6 is 22.9 Å². The molecule has 4 aromatic rings. The quantitative estimate of drug-likeness (QED) is 0.421. The Morgan fingerprint density at radius 2 is 1.75 bits per heavy atom. The van der Waals surface area contributed by atoms with Crippen LogP contribution < -0.4 is 0 Å². The number of aryl methyl sites for hydroxylation is 1. The molecule has 2 amide bonds. The van der Waals surface area contributed by atoms with Crippen LogP contribution in [0, 0.1) is 6.92 Å². The van der Waals surface area contributed by atoms with Crippen LogP contribution in [0.1, 0.15) is 25.8 Å². The zero-order valence-electron chi connectivity index (χ0n) is 17.4. The number of pyridine rings is 1. The van der Waals surface area contributed by atoms with Crippen molar-refractivity contribution in [3.8, 4) is 10.6 Å². The number of benzene rings is 1. The fraction of sp³-hybridized carbons (Fsp3) is 0.208. The van der Waals surface area contributed by atoms with E-state index in [1.165, 1.54) is 11.1 Å². The Kier molecular flexibility index (Phi) is 5.45. The van der Waals surface area contributed by atoms with Crippen LogP contribution in [0.15, 0.2) is 59.2 Å². The Labute approximate surface area is 194 Å². The summed E-state index contributed by atoms with van der Waals surface area (Å²) in [5.41, 5.74) is 2.07. The van der Waals surface area contributed by atoms with Crippen molar-refractivity contribution in [3.63, 3.8) is 0 Å². The first-order valence-electron chi connectivity index (χ1n) is 10.3. The molecule has 162 valence electrons. The lowest BCUT2D eigenvalue weighted by Crippen LogP contribution is -2.50. The van der Waals surface area contributed by atoms with Crippen molar-refractivity contribution in [2.75, 3.05) is 26.2 Å². The lowest BCUT2D eigenvalue weighted by molar-refractivity contribution is 0.0519. The number of aromatic nitrogens is 1. The van der Waals surface area contributed by atoms with Crippen molar-refractivity contribution in [3.05, 3.63) is 76.0 Å². The van der Waals surface area contributed by atoms with Crippen LogP contribution in [0.3, 0.4) is 0 Å². The molecule has 1 fully saturated rings. The van der Waals surface area contributed by atoms with Crippen molar-refractivity contribution >= 4 is 45.7 Å². The average molecular weight is 466 g/mol. The number of furan rings is 1. The van der Waals surface area contributed by atoms with Crippen LogP contribution in [-0.2, 0) is 0 Å². The SMILES string of the molecule is Cc1ccc(-c2cc(C(=O)N3CCN(C(=O)c4ccco4)CC3)c3cc(Cl)ccc3n2)s1. The van der Waals surface area contributed by atoms with Gasteiger partial charge in [0.25, 0.3) is 11.8 Å². The molecule has 0 unspecified atom stereocenters. The van der Waals surface area contributed by atoms with E-state index < -0.39 is 0 Å². The molecule has 0 spiro atoms. The molecule has 1 saturated heterocycles. The highest BCUT2D eigenvalue weighted by molar-refractivity contribution is 7.15. The predicted molar refractivity (Wildman–Crippen MR) is 125 cm³/mol. The van der Waals surface area contributed by atoms with Crippen molar-refractivity contribution in [1.82, 2.24) is 14.8 Å². The molecule has 6 nitrogen and oxygen atoms in total. The largest absolute Gasteiger partial charge is 0.459 e. The third-order valence-electron chi connectivity index (χ3n) is 5.58. The van der Waals surface area contributed by atoms with Crippen LogP contribution in [0.5, 0.6) is 0 Å². The molecule has 0 saturated carbocycles. The fourth-order valence-electron chi connectivity index (χ4n) is 3.91. The van der Waals surface area contributed by atoms with E-state index in [9.17, 15) is 9.59 Å². The molecule has 32 heavy (non-hydrogen) atoms. The summed E-state index contributed by atoms with van der Waals surface area (Å²) in [6.45, 7) is 3.84. The van der Waals surface area contributed by atoms with Gasteiger partial charge in [-0.1, -0.05) is 11.6 Å². The van der Waals surface area contributed by atoms with Crippen LogP contribution in [0.25, 0.3) is 21.5 Å². The maximum atomic E-state index is 13.6. The fourth-order valence-corrected chi connectivity index (χ4v) is 4.91. The van der Waals surface area contributed by atoms with Crippen molar-refractivity contribution in [2.45, 2.75) is 6.92 Å². The molecule has 0 radical (unpaired) electrons. The Morgan fingerprint density at radius 3 is 2.41 bits per heavy atom. The van der Waals surface area contributed by atoms with E-state index in [0.29, 0.717) is 42.5 Å². The molecular weight excluding hydrogens is 446 g/mol. The maximum absolute atomic E-state index is 13.6. The number of piperazine rings is 1. The third-order valence-corrected chi connectivity index (χ3v) is 6.84. The summed E-state index contributed by atoms with van der Waals surface area (Å²) < 4.78 is 5.22. The van der Waals surface area contributed by atoms with Crippen LogP contribution in [0.2, 0.25) is 5.02 Å². The van der Waals surface area contributed by atoms with Gasteiger partial charge in [0.2, 0.25) is 0 Å². The summed E-state index contributed by atoms with van der Waals surface area (Å²) >= 11 is 7.88. The molecule has 0 atom stereocenters. The number of halogens is 1. The van der Waals surface area contributed by atoms with Gasteiger partial charge in [0.05, 0.1) is 27.9 Å². The van der Waals surface area contributed by atoms with E-state index in [2.05, 4.69) is 0 Å². The average Bonchev–Trinajstić information content (AvgIpc) is 3.50. The minimum absolute atomic E-state index is 0.0840. The van der Waals surface area contributed by atoms with Gasteiger partial charge in [-0.15, -0.1) is 11.3 Å². The number of carbonyl (C=O) groups excluding carboxylic acids is 2. The third kappa shape index (κ3) is 3.89. The number of rotatable bonds is 3. The number of fused-ring (bicyclic) bond motifs is 1. The molecule has 8 heteroatoms.